The smallest absolute Gasteiger partial charge is 0.414 e. The van der Waals surface area contributed by atoms with Crippen molar-refractivity contribution >= 4 is 17.7 Å². The first-order valence-electron chi connectivity index (χ1n) is 6.21. The molecule has 2 rings (SSSR count). The number of aryl methyl sites for hydroxylation is 2. The predicted octanol–water partition coefficient (Wildman–Crippen LogP) is 2.35. The van der Waals surface area contributed by atoms with E-state index in [9.17, 15) is 9.59 Å². The Kier molecular flexibility index (Phi) is 3.74. The summed E-state index contributed by atoms with van der Waals surface area (Å²) in [5.74, 6) is -1.04. The summed E-state index contributed by atoms with van der Waals surface area (Å²) < 4.78 is 5.09. The number of benzene rings is 1. The van der Waals surface area contributed by atoms with Crippen LogP contribution in [0.25, 0.3) is 0 Å². The summed E-state index contributed by atoms with van der Waals surface area (Å²) >= 11 is 0. The van der Waals surface area contributed by atoms with Crippen molar-refractivity contribution in [3.8, 4) is 0 Å². The van der Waals surface area contributed by atoms with E-state index in [0.717, 1.165) is 16.8 Å². The van der Waals surface area contributed by atoms with E-state index in [0.29, 0.717) is 6.54 Å². The van der Waals surface area contributed by atoms with E-state index in [1.165, 1.54) is 0 Å². The maximum atomic E-state index is 11.9. The number of aliphatic carboxylic acids is 1. The first kappa shape index (κ1) is 13.4. The summed E-state index contributed by atoms with van der Waals surface area (Å²) in [6.07, 6.45) is -0.395. The van der Waals surface area contributed by atoms with Crippen molar-refractivity contribution in [2.75, 3.05) is 18.1 Å². The molecule has 0 bridgehead atoms. The summed E-state index contributed by atoms with van der Waals surface area (Å²) in [6, 6.07) is 5.78. The van der Waals surface area contributed by atoms with E-state index in [1.807, 2.05) is 32.0 Å². The number of carboxylic acid groups (broad SMARTS) is 1. The topological polar surface area (TPSA) is 66.8 Å². The van der Waals surface area contributed by atoms with Gasteiger partial charge in [-0.15, -0.1) is 0 Å². The number of rotatable bonds is 3. The number of ether oxygens (including phenoxy) is 1. The minimum Gasteiger partial charge on any atom is -0.481 e. The summed E-state index contributed by atoms with van der Waals surface area (Å²) in [7, 11) is 0. The first-order valence-corrected chi connectivity index (χ1v) is 6.21. The van der Waals surface area contributed by atoms with Gasteiger partial charge in [-0.25, -0.2) is 4.79 Å². The molecule has 1 saturated heterocycles. The minimum absolute atomic E-state index is 0.00864. The molecule has 1 aromatic carbocycles. The Morgan fingerprint density at radius 3 is 2.63 bits per heavy atom. The van der Waals surface area contributed by atoms with Crippen LogP contribution >= 0.6 is 0 Å². The second kappa shape index (κ2) is 5.30. The molecule has 1 heterocycles. The van der Waals surface area contributed by atoms with Crippen molar-refractivity contribution in [1.82, 2.24) is 0 Å². The zero-order valence-electron chi connectivity index (χ0n) is 11.0. The summed E-state index contributed by atoms with van der Waals surface area (Å²) in [5, 5.41) is 8.84. The summed E-state index contributed by atoms with van der Waals surface area (Å²) in [4.78, 5) is 24.2. The van der Waals surface area contributed by atoms with Crippen LogP contribution in [0.15, 0.2) is 18.2 Å². The van der Waals surface area contributed by atoms with E-state index < -0.39 is 12.1 Å². The van der Waals surface area contributed by atoms with Crippen LogP contribution in [0.2, 0.25) is 0 Å². The molecule has 1 aromatic rings. The number of carboxylic acids is 1. The Morgan fingerprint density at radius 1 is 1.42 bits per heavy atom. The fourth-order valence-electron chi connectivity index (χ4n) is 2.44. The van der Waals surface area contributed by atoms with Gasteiger partial charge in [0.25, 0.3) is 0 Å². The molecular weight excluding hydrogens is 246 g/mol. The fraction of sp³-hybridized carbons (Fsp3) is 0.429. The van der Waals surface area contributed by atoms with Crippen LogP contribution in [-0.2, 0) is 9.53 Å². The van der Waals surface area contributed by atoms with Crippen LogP contribution in [0.1, 0.15) is 17.5 Å². The van der Waals surface area contributed by atoms with Crippen molar-refractivity contribution in [3.63, 3.8) is 0 Å². The molecule has 1 aliphatic heterocycles. The second-order valence-electron chi connectivity index (χ2n) is 4.89. The van der Waals surface area contributed by atoms with E-state index in [-0.39, 0.29) is 18.9 Å². The molecule has 19 heavy (non-hydrogen) atoms. The highest BCUT2D eigenvalue weighted by atomic mass is 16.6. The molecule has 5 nitrogen and oxygen atoms in total. The number of nitrogens with zero attached hydrogens (tertiary/aromatic N) is 1. The van der Waals surface area contributed by atoms with Gasteiger partial charge >= 0.3 is 12.1 Å². The largest absolute Gasteiger partial charge is 0.481 e. The predicted molar refractivity (Wildman–Crippen MR) is 70.4 cm³/mol. The molecule has 0 aromatic heterocycles. The third kappa shape index (κ3) is 2.86. The van der Waals surface area contributed by atoms with Gasteiger partial charge in [0.15, 0.2) is 0 Å². The average Bonchev–Trinajstić information content (AvgIpc) is 2.32. The van der Waals surface area contributed by atoms with Crippen LogP contribution in [-0.4, -0.2) is 30.3 Å². The molecule has 1 fully saturated rings. The number of hydrogen-bond acceptors (Lipinski definition) is 3. The number of amides is 1. The van der Waals surface area contributed by atoms with E-state index in [4.69, 9.17) is 9.84 Å². The number of carbonyl (C=O) groups excluding carboxylic acids is 1. The number of anilines is 1. The average molecular weight is 263 g/mol. The van der Waals surface area contributed by atoms with Crippen LogP contribution in [0.4, 0.5) is 10.5 Å². The Balaban J connectivity index is 2.26. The zero-order valence-corrected chi connectivity index (χ0v) is 11.0. The SMILES string of the molecule is Cc1cccc(C)c1N1CC(CC(=O)O)COC1=O. The molecule has 0 aliphatic carbocycles. The second-order valence-corrected chi connectivity index (χ2v) is 4.89. The molecule has 1 unspecified atom stereocenters. The lowest BCUT2D eigenvalue weighted by Gasteiger charge is -2.33. The van der Waals surface area contributed by atoms with E-state index >= 15 is 0 Å². The minimum atomic E-state index is -0.871. The van der Waals surface area contributed by atoms with Crippen molar-refractivity contribution in [1.29, 1.82) is 0 Å². The Hall–Kier alpha value is -2.04. The third-order valence-corrected chi connectivity index (χ3v) is 3.28. The lowest BCUT2D eigenvalue weighted by atomic mass is 10.0. The first-order chi connectivity index (χ1) is 8.99. The van der Waals surface area contributed by atoms with Gasteiger partial charge < -0.3 is 9.84 Å². The molecule has 5 heteroatoms. The Bertz CT molecular complexity index is 492. The van der Waals surface area contributed by atoms with Crippen molar-refractivity contribution in [2.45, 2.75) is 20.3 Å². The maximum absolute atomic E-state index is 11.9. The van der Waals surface area contributed by atoms with Crippen molar-refractivity contribution in [3.05, 3.63) is 29.3 Å². The highest BCUT2D eigenvalue weighted by Crippen LogP contribution is 2.28. The molecule has 1 amide bonds. The Morgan fingerprint density at radius 2 is 2.05 bits per heavy atom. The molecule has 1 N–H and O–H groups in total. The van der Waals surface area contributed by atoms with Crippen LogP contribution < -0.4 is 4.90 Å². The monoisotopic (exact) mass is 263 g/mol. The number of para-hydroxylation sites is 1. The van der Waals surface area contributed by atoms with Gasteiger partial charge in [0.1, 0.15) is 0 Å². The molecule has 0 spiro atoms. The van der Waals surface area contributed by atoms with Crippen molar-refractivity contribution < 1.29 is 19.4 Å². The number of carbonyl (C=O) groups is 2. The standard InChI is InChI=1S/C14H17NO4/c1-9-4-3-5-10(2)13(9)15-7-11(6-12(16)17)8-19-14(15)18/h3-5,11H,6-8H2,1-2H3,(H,16,17). The van der Waals surface area contributed by atoms with Crippen LogP contribution in [0, 0.1) is 19.8 Å². The van der Waals surface area contributed by atoms with Gasteiger partial charge in [-0.3, -0.25) is 9.69 Å². The van der Waals surface area contributed by atoms with Crippen LogP contribution in [0.5, 0.6) is 0 Å². The van der Waals surface area contributed by atoms with Gasteiger partial charge in [-0.1, -0.05) is 18.2 Å². The van der Waals surface area contributed by atoms with Gasteiger partial charge in [-0.2, -0.15) is 0 Å². The van der Waals surface area contributed by atoms with Gasteiger partial charge in [0, 0.05) is 12.5 Å². The number of cyclic esters (lactones) is 1. The van der Waals surface area contributed by atoms with Gasteiger partial charge in [0.2, 0.25) is 0 Å². The molecule has 1 aliphatic rings. The molecule has 0 saturated carbocycles. The quantitative estimate of drug-likeness (QED) is 0.909. The van der Waals surface area contributed by atoms with E-state index in [1.54, 1.807) is 4.90 Å². The maximum Gasteiger partial charge on any atom is 0.414 e. The lowest BCUT2D eigenvalue weighted by molar-refractivity contribution is -0.138. The summed E-state index contributed by atoms with van der Waals surface area (Å²) in [5.41, 5.74) is 2.78. The molecule has 0 radical (unpaired) electrons. The zero-order chi connectivity index (χ0) is 14.0. The van der Waals surface area contributed by atoms with Crippen LogP contribution in [0.3, 0.4) is 0 Å². The van der Waals surface area contributed by atoms with E-state index in [2.05, 4.69) is 0 Å². The Labute approximate surface area is 111 Å². The van der Waals surface area contributed by atoms with Crippen molar-refractivity contribution in [2.24, 2.45) is 5.92 Å². The van der Waals surface area contributed by atoms with Gasteiger partial charge in [0.05, 0.1) is 18.7 Å². The number of hydrogen-bond donors (Lipinski definition) is 1. The van der Waals surface area contributed by atoms with Gasteiger partial charge in [-0.05, 0) is 25.0 Å². The summed E-state index contributed by atoms with van der Waals surface area (Å²) in [6.45, 7) is 4.41. The highest BCUT2D eigenvalue weighted by Gasteiger charge is 2.31. The third-order valence-electron chi connectivity index (χ3n) is 3.28. The normalized spacial score (nSPS) is 19.2. The molecule has 102 valence electrons. The molecule has 1 atom stereocenters. The highest BCUT2D eigenvalue weighted by molar-refractivity contribution is 5.90. The lowest BCUT2D eigenvalue weighted by Crippen LogP contribution is -2.44. The molecular formula is C14H17NO4. The fourth-order valence-corrected chi connectivity index (χ4v) is 2.44.